The molecule has 3 N–H and O–H groups in total. The lowest BCUT2D eigenvalue weighted by molar-refractivity contribution is -0.139. The summed E-state index contributed by atoms with van der Waals surface area (Å²) in [6.45, 7) is 8.38. The minimum absolute atomic E-state index is 0.118. The highest BCUT2D eigenvalue weighted by molar-refractivity contribution is 6.35. The van der Waals surface area contributed by atoms with Gasteiger partial charge in [0, 0.05) is 24.4 Å². The Labute approximate surface area is 199 Å². The first-order valence-electron chi connectivity index (χ1n) is 11.1. The predicted molar refractivity (Wildman–Crippen MR) is 131 cm³/mol. The zero-order chi connectivity index (χ0) is 24.9. The molecule has 0 aliphatic heterocycles. The average molecular weight is 469 g/mol. The summed E-state index contributed by atoms with van der Waals surface area (Å²) < 4.78 is 11.0. The van der Waals surface area contributed by atoms with Crippen molar-refractivity contribution in [2.45, 2.75) is 40.2 Å². The van der Waals surface area contributed by atoms with E-state index in [4.69, 9.17) is 9.47 Å². The van der Waals surface area contributed by atoms with E-state index in [0.717, 1.165) is 16.8 Å². The number of amides is 3. The maximum Gasteiger partial charge on any atom is 0.329 e. The summed E-state index contributed by atoms with van der Waals surface area (Å²) >= 11 is 0. The number of hydrogen-bond donors (Lipinski definition) is 3. The molecule has 0 radical (unpaired) electrons. The Balaban J connectivity index is 1.82. The van der Waals surface area contributed by atoms with Crippen LogP contribution < -0.4 is 20.8 Å². The molecule has 0 unspecified atom stereocenters. The topological polar surface area (TPSA) is 118 Å². The zero-order valence-corrected chi connectivity index (χ0v) is 20.0. The van der Waals surface area contributed by atoms with Gasteiger partial charge in [0.05, 0.1) is 12.3 Å². The third-order valence-corrected chi connectivity index (χ3v) is 4.57. The van der Waals surface area contributed by atoms with Crippen molar-refractivity contribution in [1.29, 1.82) is 0 Å². The number of nitrogens with zero attached hydrogens (tertiary/aromatic N) is 1. The molecule has 0 saturated heterocycles. The molecule has 0 atom stereocenters. The van der Waals surface area contributed by atoms with Gasteiger partial charge in [0.1, 0.15) is 5.75 Å². The Kier molecular flexibility index (Phi) is 10.7. The molecule has 0 saturated carbocycles. The van der Waals surface area contributed by atoms with Crippen LogP contribution >= 0.6 is 0 Å². The SMILES string of the molecule is Cc1ccc(NC(=O)COc2ccccc2/C=N\NC(=O)C(=O)NCCCOC(C)C)c(C)c1. The predicted octanol–water partition coefficient (Wildman–Crippen LogP) is 2.70. The van der Waals surface area contributed by atoms with E-state index in [9.17, 15) is 14.4 Å². The van der Waals surface area contributed by atoms with Gasteiger partial charge in [0.15, 0.2) is 6.61 Å². The van der Waals surface area contributed by atoms with E-state index in [1.807, 2.05) is 45.9 Å². The van der Waals surface area contributed by atoms with Crippen molar-refractivity contribution in [2.75, 3.05) is 25.1 Å². The molecule has 0 aliphatic rings. The van der Waals surface area contributed by atoms with Crippen LogP contribution in [-0.2, 0) is 19.1 Å². The normalized spacial score (nSPS) is 10.9. The minimum Gasteiger partial charge on any atom is -0.483 e. The largest absolute Gasteiger partial charge is 0.483 e. The molecular formula is C25H32N4O5. The third kappa shape index (κ3) is 9.41. The van der Waals surface area contributed by atoms with Gasteiger partial charge >= 0.3 is 11.8 Å². The first kappa shape index (κ1) is 26.5. The highest BCUT2D eigenvalue weighted by Crippen LogP contribution is 2.18. The van der Waals surface area contributed by atoms with Gasteiger partial charge in [-0.25, -0.2) is 5.43 Å². The Bertz CT molecular complexity index is 1020. The molecule has 0 aliphatic carbocycles. The van der Waals surface area contributed by atoms with Crippen molar-refractivity contribution < 1.29 is 23.9 Å². The molecule has 182 valence electrons. The first-order valence-corrected chi connectivity index (χ1v) is 11.1. The summed E-state index contributed by atoms with van der Waals surface area (Å²) in [7, 11) is 0. The van der Waals surface area contributed by atoms with Gasteiger partial charge in [-0.05, 0) is 57.9 Å². The average Bonchev–Trinajstić information content (AvgIpc) is 2.79. The van der Waals surface area contributed by atoms with Crippen LogP contribution in [-0.4, -0.2) is 49.8 Å². The molecule has 2 aromatic carbocycles. The van der Waals surface area contributed by atoms with E-state index < -0.39 is 11.8 Å². The summed E-state index contributed by atoms with van der Waals surface area (Å²) in [5, 5.41) is 9.14. The second-order valence-corrected chi connectivity index (χ2v) is 7.92. The van der Waals surface area contributed by atoms with Gasteiger partial charge in [-0.1, -0.05) is 29.8 Å². The number of benzene rings is 2. The fourth-order valence-corrected chi connectivity index (χ4v) is 2.89. The van der Waals surface area contributed by atoms with Crippen molar-refractivity contribution in [1.82, 2.24) is 10.7 Å². The number of hydrazone groups is 1. The van der Waals surface area contributed by atoms with Crippen LogP contribution in [0.1, 0.15) is 37.0 Å². The van der Waals surface area contributed by atoms with E-state index in [2.05, 4.69) is 21.2 Å². The summed E-state index contributed by atoms with van der Waals surface area (Å²) in [5.74, 6) is -1.56. The third-order valence-electron chi connectivity index (χ3n) is 4.57. The highest BCUT2D eigenvalue weighted by atomic mass is 16.5. The number of nitrogens with one attached hydrogen (secondary N) is 3. The first-order chi connectivity index (χ1) is 16.3. The lowest BCUT2D eigenvalue weighted by Gasteiger charge is -2.11. The standard InChI is InChI=1S/C25H32N4O5/c1-17(2)33-13-7-12-26-24(31)25(32)29-27-15-20-8-5-6-9-22(20)34-16-23(30)28-21-11-10-18(3)14-19(21)4/h5-6,8-11,14-15,17H,7,12-13,16H2,1-4H3,(H,26,31)(H,28,30)(H,29,32)/b27-15-. The molecule has 0 bridgehead atoms. The van der Waals surface area contributed by atoms with Crippen molar-refractivity contribution >= 4 is 29.6 Å². The fourth-order valence-electron chi connectivity index (χ4n) is 2.89. The van der Waals surface area contributed by atoms with Gasteiger partial charge in [-0.15, -0.1) is 0 Å². The van der Waals surface area contributed by atoms with E-state index in [-0.39, 0.29) is 18.6 Å². The molecule has 0 heterocycles. The van der Waals surface area contributed by atoms with Crippen LogP contribution in [0.5, 0.6) is 5.75 Å². The van der Waals surface area contributed by atoms with Crippen LogP contribution in [0.4, 0.5) is 5.69 Å². The Morgan fingerprint density at radius 3 is 2.56 bits per heavy atom. The Morgan fingerprint density at radius 1 is 1.06 bits per heavy atom. The Morgan fingerprint density at radius 2 is 1.82 bits per heavy atom. The van der Waals surface area contributed by atoms with Gasteiger partial charge in [-0.2, -0.15) is 5.10 Å². The summed E-state index contributed by atoms with van der Waals surface area (Å²) in [5.41, 5.74) is 5.51. The molecule has 34 heavy (non-hydrogen) atoms. The van der Waals surface area contributed by atoms with E-state index >= 15 is 0 Å². The van der Waals surface area contributed by atoms with Crippen LogP contribution in [0.25, 0.3) is 0 Å². The minimum atomic E-state index is -0.882. The number of para-hydroxylation sites is 1. The molecule has 0 aromatic heterocycles. The van der Waals surface area contributed by atoms with Crippen LogP contribution in [0.2, 0.25) is 0 Å². The number of ether oxygens (including phenoxy) is 2. The maximum absolute atomic E-state index is 12.3. The van der Waals surface area contributed by atoms with Crippen molar-refractivity contribution in [3.05, 3.63) is 59.2 Å². The van der Waals surface area contributed by atoms with Gasteiger partial charge < -0.3 is 20.1 Å². The molecule has 2 rings (SSSR count). The summed E-state index contributed by atoms with van der Waals surface area (Å²) in [6.07, 6.45) is 2.06. The summed E-state index contributed by atoms with van der Waals surface area (Å²) in [4.78, 5) is 36.0. The molecule has 9 nitrogen and oxygen atoms in total. The van der Waals surface area contributed by atoms with Crippen molar-refractivity contribution in [3.8, 4) is 5.75 Å². The number of aryl methyl sites for hydroxylation is 2. The van der Waals surface area contributed by atoms with E-state index in [0.29, 0.717) is 30.9 Å². The van der Waals surface area contributed by atoms with E-state index in [1.165, 1.54) is 6.21 Å². The molecular weight excluding hydrogens is 436 g/mol. The van der Waals surface area contributed by atoms with Crippen LogP contribution in [0.3, 0.4) is 0 Å². The van der Waals surface area contributed by atoms with Gasteiger partial charge in [-0.3, -0.25) is 14.4 Å². The monoisotopic (exact) mass is 468 g/mol. The fraction of sp³-hybridized carbons (Fsp3) is 0.360. The number of hydrogen-bond acceptors (Lipinski definition) is 6. The number of carbonyl (C=O) groups excluding carboxylic acids is 3. The van der Waals surface area contributed by atoms with Gasteiger partial charge in [0.25, 0.3) is 5.91 Å². The van der Waals surface area contributed by atoms with E-state index in [1.54, 1.807) is 24.3 Å². The smallest absolute Gasteiger partial charge is 0.329 e. The van der Waals surface area contributed by atoms with Crippen LogP contribution in [0.15, 0.2) is 47.6 Å². The lowest BCUT2D eigenvalue weighted by Crippen LogP contribution is -2.38. The molecule has 3 amide bonds. The second kappa shape index (κ2) is 13.7. The van der Waals surface area contributed by atoms with Crippen LogP contribution in [0, 0.1) is 13.8 Å². The highest BCUT2D eigenvalue weighted by Gasteiger charge is 2.12. The van der Waals surface area contributed by atoms with Crippen molar-refractivity contribution in [3.63, 3.8) is 0 Å². The number of rotatable bonds is 11. The lowest BCUT2D eigenvalue weighted by atomic mass is 10.1. The quantitative estimate of drug-likeness (QED) is 0.203. The molecule has 0 spiro atoms. The number of anilines is 1. The number of carbonyl (C=O) groups is 3. The zero-order valence-electron chi connectivity index (χ0n) is 20.0. The maximum atomic E-state index is 12.3. The second-order valence-electron chi connectivity index (χ2n) is 7.92. The van der Waals surface area contributed by atoms with Gasteiger partial charge in [0.2, 0.25) is 0 Å². The molecule has 0 fully saturated rings. The molecule has 2 aromatic rings. The Hall–Kier alpha value is -3.72. The van der Waals surface area contributed by atoms with Crippen molar-refractivity contribution in [2.24, 2.45) is 5.10 Å². The summed E-state index contributed by atoms with van der Waals surface area (Å²) in [6, 6.07) is 12.7. The molecule has 9 heteroatoms.